The Morgan fingerprint density at radius 1 is 1.20 bits per heavy atom. The first-order valence-corrected chi connectivity index (χ1v) is 11.4. The summed E-state index contributed by atoms with van der Waals surface area (Å²) in [6, 6.07) is 5.35. The first-order valence-electron chi connectivity index (χ1n) is 9.84. The van der Waals surface area contributed by atoms with Gasteiger partial charge in [-0.05, 0) is 49.9 Å². The van der Waals surface area contributed by atoms with Crippen molar-refractivity contribution in [2.75, 3.05) is 20.2 Å². The standard InChI is InChI=1S/C19H29N3O7S/c1-3-7-16(23)20-22(26)19(25)17(18(24)21-12-5-4-6-13-21)30(27,28)15-10-8-14(29-2)9-11-15/h8-11,17,19,25-26H,3-7,12-13H2,1-2H3,(H,20,23). The van der Waals surface area contributed by atoms with Gasteiger partial charge in [0.15, 0.2) is 21.3 Å². The number of carbonyl (C=O) groups is 2. The number of hydrogen-bond donors (Lipinski definition) is 3. The second kappa shape index (κ2) is 10.7. The minimum Gasteiger partial charge on any atom is -0.497 e. The van der Waals surface area contributed by atoms with Crippen LogP contribution in [0.4, 0.5) is 0 Å². The fourth-order valence-electron chi connectivity index (χ4n) is 3.23. The number of ether oxygens (including phenoxy) is 1. The lowest BCUT2D eigenvalue weighted by atomic mass is 10.1. The van der Waals surface area contributed by atoms with Crippen LogP contribution < -0.4 is 10.2 Å². The van der Waals surface area contributed by atoms with E-state index in [0.29, 0.717) is 38.1 Å². The summed E-state index contributed by atoms with van der Waals surface area (Å²) in [5, 5.41) is 18.7. The molecule has 0 saturated carbocycles. The van der Waals surface area contributed by atoms with Crippen LogP contribution in [0.25, 0.3) is 0 Å². The van der Waals surface area contributed by atoms with Crippen molar-refractivity contribution in [2.45, 2.75) is 55.4 Å². The van der Waals surface area contributed by atoms with Crippen LogP contribution in [-0.4, -0.2) is 72.3 Å². The molecule has 1 heterocycles. The SMILES string of the molecule is CCCC(=O)NN(O)C(O)C(C(=O)N1CCCCC1)S(=O)(=O)c1ccc(OC)cc1. The average molecular weight is 444 g/mol. The second-order valence-corrected chi connectivity index (χ2v) is 9.14. The highest BCUT2D eigenvalue weighted by Gasteiger charge is 2.45. The van der Waals surface area contributed by atoms with E-state index in [9.17, 15) is 28.3 Å². The summed E-state index contributed by atoms with van der Waals surface area (Å²) in [7, 11) is -2.99. The van der Waals surface area contributed by atoms with Gasteiger partial charge in [0, 0.05) is 19.5 Å². The van der Waals surface area contributed by atoms with E-state index in [1.807, 2.05) is 5.43 Å². The number of nitrogens with one attached hydrogen (secondary N) is 1. The zero-order chi connectivity index (χ0) is 22.3. The summed E-state index contributed by atoms with van der Waals surface area (Å²) < 4.78 is 31.6. The number of aliphatic hydroxyl groups is 1. The van der Waals surface area contributed by atoms with Crippen LogP contribution in [0.15, 0.2) is 29.2 Å². The molecule has 1 saturated heterocycles. The van der Waals surface area contributed by atoms with Crippen molar-refractivity contribution >= 4 is 21.7 Å². The molecule has 0 spiro atoms. The number of benzene rings is 1. The molecule has 2 atom stereocenters. The van der Waals surface area contributed by atoms with Crippen LogP contribution in [0.5, 0.6) is 5.75 Å². The topological polar surface area (TPSA) is 136 Å². The molecule has 1 aromatic carbocycles. The Morgan fingerprint density at radius 3 is 2.33 bits per heavy atom. The normalized spacial score (nSPS) is 16.8. The van der Waals surface area contributed by atoms with Gasteiger partial charge in [-0.25, -0.2) is 8.42 Å². The zero-order valence-corrected chi connectivity index (χ0v) is 18.0. The first kappa shape index (κ1) is 24.1. The van der Waals surface area contributed by atoms with E-state index in [2.05, 4.69) is 0 Å². The maximum absolute atomic E-state index is 13.3. The first-order chi connectivity index (χ1) is 14.2. The van der Waals surface area contributed by atoms with Crippen LogP contribution in [0.2, 0.25) is 0 Å². The molecule has 10 nitrogen and oxygen atoms in total. The molecule has 1 aliphatic heterocycles. The highest BCUT2D eigenvalue weighted by molar-refractivity contribution is 7.92. The van der Waals surface area contributed by atoms with Crippen LogP contribution in [0.3, 0.4) is 0 Å². The van der Waals surface area contributed by atoms with Gasteiger partial charge >= 0.3 is 0 Å². The number of carbonyl (C=O) groups excluding carboxylic acids is 2. The number of methoxy groups -OCH3 is 1. The maximum Gasteiger partial charge on any atom is 0.245 e. The lowest BCUT2D eigenvalue weighted by Crippen LogP contribution is -2.59. The van der Waals surface area contributed by atoms with Crippen molar-refractivity contribution in [3.05, 3.63) is 24.3 Å². The van der Waals surface area contributed by atoms with Crippen molar-refractivity contribution in [1.82, 2.24) is 15.5 Å². The zero-order valence-electron chi connectivity index (χ0n) is 17.2. The molecule has 2 unspecified atom stereocenters. The molecule has 168 valence electrons. The van der Waals surface area contributed by atoms with Gasteiger partial charge in [0.25, 0.3) is 0 Å². The Hall–Kier alpha value is -2.21. The average Bonchev–Trinajstić information content (AvgIpc) is 2.74. The third kappa shape index (κ3) is 5.69. The Bertz CT molecular complexity index is 823. The van der Waals surface area contributed by atoms with Crippen LogP contribution >= 0.6 is 0 Å². The number of aliphatic hydroxyl groups excluding tert-OH is 1. The minimum atomic E-state index is -4.42. The van der Waals surface area contributed by atoms with Crippen LogP contribution in [0, 0.1) is 0 Å². The number of piperidine rings is 1. The Labute approximate surface area is 176 Å². The maximum atomic E-state index is 13.3. The van der Waals surface area contributed by atoms with Crippen molar-refractivity contribution < 1.29 is 33.1 Å². The number of sulfone groups is 1. The summed E-state index contributed by atoms with van der Waals surface area (Å²) in [5.74, 6) is -1.03. The lowest BCUT2D eigenvalue weighted by Gasteiger charge is -2.33. The molecular formula is C19H29N3O7S. The molecule has 0 bridgehead atoms. The van der Waals surface area contributed by atoms with Gasteiger partial charge < -0.3 is 14.7 Å². The Balaban J connectivity index is 2.38. The second-order valence-electron chi connectivity index (χ2n) is 7.07. The summed E-state index contributed by atoms with van der Waals surface area (Å²) in [5.41, 5.74) is 2.01. The van der Waals surface area contributed by atoms with Crippen molar-refractivity contribution in [3.8, 4) is 5.75 Å². The molecular weight excluding hydrogens is 414 g/mol. The number of hydroxylamine groups is 1. The molecule has 2 amide bonds. The van der Waals surface area contributed by atoms with E-state index >= 15 is 0 Å². The van der Waals surface area contributed by atoms with Crippen molar-refractivity contribution in [1.29, 1.82) is 0 Å². The van der Waals surface area contributed by atoms with Crippen molar-refractivity contribution in [3.63, 3.8) is 0 Å². The number of hydrazine groups is 1. The van der Waals surface area contributed by atoms with Gasteiger partial charge in [-0.1, -0.05) is 12.1 Å². The smallest absolute Gasteiger partial charge is 0.245 e. The van der Waals surface area contributed by atoms with Gasteiger partial charge in [-0.2, -0.15) is 0 Å². The fourth-order valence-corrected chi connectivity index (χ4v) is 4.89. The van der Waals surface area contributed by atoms with E-state index in [0.717, 1.165) is 6.42 Å². The van der Waals surface area contributed by atoms with Crippen LogP contribution in [-0.2, 0) is 19.4 Å². The van der Waals surface area contributed by atoms with E-state index in [1.165, 1.54) is 36.3 Å². The number of hydrogen-bond acceptors (Lipinski definition) is 8. The summed E-state index contributed by atoms with van der Waals surface area (Å²) in [6.45, 7) is 2.45. The quantitative estimate of drug-likeness (QED) is 0.375. The Morgan fingerprint density at radius 2 is 1.80 bits per heavy atom. The van der Waals surface area contributed by atoms with Gasteiger partial charge in [-0.15, -0.1) is 0 Å². The molecule has 1 fully saturated rings. The third-order valence-electron chi connectivity index (χ3n) is 4.87. The molecule has 1 aliphatic rings. The van der Waals surface area contributed by atoms with Crippen molar-refractivity contribution in [2.24, 2.45) is 0 Å². The molecule has 0 radical (unpaired) electrons. The molecule has 3 N–H and O–H groups in total. The molecule has 0 aliphatic carbocycles. The predicted octanol–water partition coefficient (Wildman–Crippen LogP) is 0.691. The molecule has 30 heavy (non-hydrogen) atoms. The lowest BCUT2D eigenvalue weighted by molar-refractivity contribution is -0.230. The largest absolute Gasteiger partial charge is 0.497 e. The Kier molecular flexibility index (Phi) is 8.59. The van der Waals surface area contributed by atoms with Gasteiger partial charge in [-0.3, -0.25) is 20.2 Å². The molecule has 1 aromatic rings. The molecule has 2 rings (SSSR count). The molecule has 11 heteroatoms. The summed E-state index contributed by atoms with van der Waals surface area (Å²) in [6.07, 6.45) is 0.685. The van der Waals surface area contributed by atoms with Gasteiger partial charge in [0.2, 0.25) is 11.8 Å². The van der Waals surface area contributed by atoms with Gasteiger partial charge in [0.05, 0.1) is 12.0 Å². The van der Waals surface area contributed by atoms with E-state index < -0.39 is 33.1 Å². The number of nitrogens with zero attached hydrogens (tertiary/aromatic N) is 2. The number of rotatable bonds is 9. The number of likely N-dealkylation sites (tertiary alicyclic amines) is 1. The highest BCUT2D eigenvalue weighted by Crippen LogP contribution is 2.25. The van der Waals surface area contributed by atoms with Gasteiger partial charge in [0.1, 0.15) is 5.75 Å². The minimum absolute atomic E-state index is 0.00835. The summed E-state index contributed by atoms with van der Waals surface area (Å²) in [4.78, 5) is 26.0. The molecule has 0 aromatic heterocycles. The predicted molar refractivity (Wildman–Crippen MR) is 107 cm³/mol. The monoisotopic (exact) mass is 443 g/mol. The fraction of sp³-hybridized carbons (Fsp3) is 0.579. The highest BCUT2D eigenvalue weighted by atomic mass is 32.2. The third-order valence-corrected chi connectivity index (χ3v) is 6.91. The van der Waals surface area contributed by atoms with E-state index in [4.69, 9.17) is 4.74 Å². The summed E-state index contributed by atoms with van der Waals surface area (Å²) >= 11 is 0. The van der Waals surface area contributed by atoms with Crippen LogP contribution in [0.1, 0.15) is 39.0 Å². The number of amides is 2. The van der Waals surface area contributed by atoms with E-state index in [-0.39, 0.29) is 16.5 Å². The van der Waals surface area contributed by atoms with E-state index in [1.54, 1.807) is 6.92 Å².